The average Bonchev–Trinajstić information content (AvgIpc) is 3.08. The molecule has 29 nitrogen and oxygen atoms in total. The van der Waals surface area contributed by atoms with Crippen molar-refractivity contribution in [3.63, 3.8) is 0 Å². The molecule has 0 aliphatic heterocycles. The van der Waals surface area contributed by atoms with Crippen LogP contribution in [0.1, 0.15) is 41.5 Å². The fourth-order valence-electron chi connectivity index (χ4n) is 2.89. The Morgan fingerprint density at radius 1 is 0.379 bits per heavy atom. The first-order chi connectivity index (χ1) is 25.7. The smallest absolute Gasteiger partial charge is 0.268 e. The SMILES string of the molecule is C.C.CCC(CO)COP(=O)([O-])OCCOP(=O)([O-])OCCOP(=O)([O-])OCCOP(=O)([O-])OCCOP(=O)([O-])OCCOP(=O)([O-])OCC(CC)COP(=O)([O-])O. The van der Waals surface area contributed by atoms with Crippen LogP contribution in [-0.2, 0) is 90.8 Å². The number of aliphatic hydroxyl groups is 1. The Labute approximate surface area is 335 Å². The molecule has 0 amide bonds. The summed E-state index contributed by atoms with van der Waals surface area (Å²) in [5, 5.41) is 9.02. The van der Waals surface area contributed by atoms with E-state index in [4.69, 9.17) is 10.00 Å². The zero-order chi connectivity index (χ0) is 43.2. The van der Waals surface area contributed by atoms with Gasteiger partial charge in [-0.1, -0.05) is 28.7 Å². The third-order valence-corrected chi connectivity index (χ3v) is 12.1. The quantitative estimate of drug-likeness (QED) is 0.0544. The number of aliphatic hydroxyl groups excluding tert-OH is 1. The van der Waals surface area contributed by atoms with Crippen LogP contribution in [-0.4, -0.2) is 102 Å². The van der Waals surface area contributed by atoms with Crippen LogP contribution < -0.4 is 34.3 Å². The van der Waals surface area contributed by atoms with Crippen LogP contribution >= 0.6 is 54.8 Å². The molecule has 9 atom stereocenters. The van der Waals surface area contributed by atoms with Crippen LogP contribution in [0.5, 0.6) is 0 Å². The summed E-state index contributed by atoms with van der Waals surface area (Å²) in [5.41, 5.74) is 0. The van der Waals surface area contributed by atoms with E-state index in [0.29, 0.717) is 6.42 Å². The van der Waals surface area contributed by atoms with Crippen LogP contribution in [0.2, 0.25) is 0 Å². The summed E-state index contributed by atoms with van der Waals surface area (Å²) in [7, 11) is -35.5. The molecule has 0 bridgehead atoms. The number of hydrogen-bond acceptors (Lipinski definition) is 28. The first-order valence-corrected chi connectivity index (χ1v) is 25.8. The molecular formula is C22H50O29P7-7. The molecule has 2 N–H and O–H groups in total. The molecule has 36 heteroatoms. The standard InChI is InChI=1S/C20H49O29P7.2CH4/c1-3-19(15-21)16-48-55(33,34)45-13-11-43-53(29,30)41-9-7-39-51(25,26)37-5-6-38-52(27,28)40-8-10-42-54(31,32)44-12-14-46-56(35,36)49-18-20(4-2)17-47-50(22,23)24;;/h19-21H,3-18H2,1-2H3,(H,25,26)(H,27,28)(H,29,30)(H,31,32)(H,33,34)(H,35,36)(H2,22,23,24);2*1H4/p-7. The second-order valence-corrected chi connectivity index (χ2v) is 19.8. The van der Waals surface area contributed by atoms with Crippen LogP contribution in [0.25, 0.3) is 0 Å². The molecule has 0 aromatic rings. The van der Waals surface area contributed by atoms with Crippen molar-refractivity contribution < 1.29 is 135 Å². The summed E-state index contributed by atoms with van der Waals surface area (Å²) < 4.78 is 137. The lowest BCUT2D eigenvalue weighted by Gasteiger charge is -2.27. The maximum atomic E-state index is 11.8. The first kappa shape index (κ1) is 63.0. The molecular weight excluding hydrogens is 945 g/mol. The predicted octanol–water partition coefficient (Wildman–Crippen LogP) is -1.21. The van der Waals surface area contributed by atoms with Gasteiger partial charge in [-0.05, 0) is 12.8 Å². The van der Waals surface area contributed by atoms with Gasteiger partial charge in [-0.15, -0.1) is 0 Å². The summed E-state index contributed by atoms with van der Waals surface area (Å²) in [4.78, 5) is 89.5. The van der Waals surface area contributed by atoms with Crippen molar-refractivity contribution in [3.05, 3.63) is 0 Å². The van der Waals surface area contributed by atoms with Crippen molar-refractivity contribution >= 4 is 54.8 Å². The topological polar surface area (TPSA) is 441 Å². The molecule has 0 spiro atoms. The lowest BCUT2D eigenvalue weighted by Crippen LogP contribution is -2.20. The van der Waals surface area contributed by atoms with Gasteiger partial charge in [-0.3, -0.25) is 32.0 Å². The van der Waals surface area contributed by atoms with Gasteiger partial charge in [0.15, 0.2) is 0 Å². The largest absolute Gasteiger partial charge is 0.756 e. The second-order valence-electron chi connectivity index (χ2n) is 10.1. The van der Waals surface area contributed by atoms with Crippen molar-refractivity contribution in [1.82, 2.24) is 0 Å². The molecule has 0 aliphatic rings. The van der Waals surface area contributed by atoms with Crippen molar-refractivity contribution in [1.29, 1.82) is 0 Å². The Hall–Kier alpha value is 0.730. The van der Waals surface area contributed by atoms with Gasteiger partial charge in [0, 0.05) is 18.4 Å². The zero-order valence-electron chi connectivity index (χ0n) is 29.5. The van der Waals surface area contributed by atoms with Crippen molar-refractivity contribution in [2.24, 2.45) is 11.8 Å². The van der Waals surface area contributed by atoms with Crippen LogP contribution in [0.4, 0.5) is 0 Å². The Morgan fingerprint density at radius 2 is 0.569 bits per heavy atom. The second kappa shape index (κ2) is 30.8. The molecule has 58 heavy (non-hydrogen) atoms. The highest BCUT2D eigenvalue weighted by atomic mass is 31.2. The van der Waals surface area contributed by atoms with Gasteiger partial charge in [0.25, 0.3) is 54.8 Å². The van der Waals surface area contributed by atoms with Gasteiger partial charge < -0.3 is 103 Å². The van der Waals surface area contributed by atoms with Crippen molar-refractivity contribution in [2.75, 3.05) is 92.5 Å². The van der Waals surface area contributed by atoms with Gasteiger partial charge in [-0.2, -0.15) is 0 Å². The number of rotatable bonds is 37. The van der Waals surface area contributed by atoms with E-state index < -0.39 is 146 Å². The lowest BCUT2D eigenvalue weighted by atomic mass is 10.1. The number of phosphoric acid groups is 7. The lowest BCUT2D eigenvalue weighted by molar-refractivity contribution is -0.238. The van der Waals surface area contributed by atoms with E-state index in [-0.39, 0.29) is 34.5 Å². The molecule has 0 aromatic carbocycles. The highest BCUT2D eigenvalue weighted by Gasteiger charge is 2.19. The van der Waals surface area contributed by atoms with Gasteiger partial charge in [0.1, 0.15) is 0 Å². The van der Waals surface area contributed by atoms with Crippen LogP contribution in [0, 0.1) is 11.8 Å². The minimum absolute atomic E-state index is 0. The van der Waals surface area contributed by atoms with Gasteiger partial charge >= 0.3 is 0 Å². The average molecular weight is 995 g/mol. The molecule has 0 heterocycles. The monoisotopic (exact) mass is 995 g/mol. The molecule has 0 saturated heterocycles. The van der Waals surface area contributed by atoms with E-state index >= 15 is 0 Å². The summed E-state index contributed by atoms with van der Waals surface area (Å²) in [6, 6.07) is 0. The summed E-state index contributed by atoms with van der Waals surface area (Å²) >= 11 is 0. The number of phosphoric ester groups is 7. The molecule has 0 radical (unpaired) electrons. The predicted molar refractivity (Wildman–Crippen MR) is 181 cm³/mol. The van der Waals surface area contributed by atoms with Crippen molar-refractivity contribution in [2.45, 2.75) is 41.5 Å². The molecule has 0 rings (SSSR count). The van der Waals surface area contributed by atoms with E-state index in [1.165, 1.54) is 6.92 Å². The zero-order valence-corrected chi connectivity index (χ0v) is 35.8. The van der Waals surface area contributed by atoms with Gasteiger partial charge in [0.05, 0.1) is 85.9 Å². The Balaban J connectivity index is -0.0000151. The molecule has 354 valence electrons. The van der Waals surface area contributed by atoms with Crippen LogP contribution in [0.15, 0.2) is 0 Å². The normalized spacial score (nSPS) is 20.3. The summed E-state index contributed by atoms with van der Waals surface area (Å²) in [5.74, 6) is -1.27. The van der Waals surface area contributed by atoms with E-state index in [0.717, 1.165) is 0 Å². The van der Waals surface area contributed by atoms with E-state index in [2.05, 4.69) is 58.8 Å². The highest BCUT2D eigenvalue weighted by Crippen LogP contribution is 2.44. The minimum atomic E-state index is -5.19. The summed E-state index contributed by atoms with van der Waals surface area (Å²) in [6.45, 7) is -7.94. The highest BCUT2D eigenvalue weighted by molar-refractivity contribution is 7.47. The van der Waals surface area contributed by atoms with Crippen LogP contribution in [0.3, 0.4) is 0 Å². The Kier molecular flexibility index (Phi) is 33.4. The van der Waals surface area contributed by atoms with Gasteiger partial charge in [0.2, 0.25) is 0 Å². The third kappa shape index (κ3) is 36.2. The molecule has 0 fully saturated rings. The van der Waals surface area contributed by atoms with Gasteiger partial charge in [-0.25, -0.2) is 0 Å². The first-order valence-electron chi connectivity index (χ1n) is 15.6. The maximum Gasteiger partial charge on any atom is 0.268 e. The summed E-state index contributed by atoms with van der Waals surface area (Å²) in [6.07, 6.45) is 0.585. The Morgan fingerprint density at radius 3 is 0.759 bits per heavy atom. The third-order valence-electron chi connectivity index (χ3n) is 5.73. The molecule has 0 saturated carbocycles. The van der Waals surface area contributed by atoms with Crippen molar-refractivity contribution in [3.8, 4) is 0 Å². The fourth-order valence-corrected chi connectivity index (χ4v) is 7.51. The minimum Gasteiger partial charge on any atom is -0.756 e. The van der Waals surface area contributed by atoms with E-state index in [1.54, 1.807) is 6.92 Å². The number of hydrogen-bond donors (Lipinski definition) is 2. The Bertz CT molecular complexity index is 1440. The van der Waals surface area contributed by atoms with E-state index in [1.807, 2.05) is 0 Å². The van der Waals surface area contributed by atoms with E-state index in [9.17, 15) is 66.2 Å². The molecule has 9 unspecified atom stereocenters. The molecule has 0 aliphatic carbocycles. The molecule has 0 aromatic heterocycles. The fraction of sp³-hybridized carbons (Fsp3) is 1.00. The maximum absolute atomic E-state index is 11.8.